The van der Waals surface area contributed by atoms with Crippen LogP contribution in [0.3, 0.4) is 0 Å². The minimum atomic E-state index is -0.363. The summed E-state index contributed by atoms with van der Waals surface area (Å²) in [6.07, 6.45) is 4.70. The Kier molecular flexibility index (Phi) is 1.80. The Balaban J connectivity index is 2.49. The van der Waals surface area contributed by atoms with Crippen LogP contribution in [0.2, 0.25) is 0 Å². The monoisotopic (exact) mass is 128 g/mol. The minimum absolute atomic E-state index is 0.363. The molecular weight excluding hydrogens is 112 g/mol. The Hall–Kier alpha value is -0.0400. The highest BCUT2D eigenvalue weighted by Crippen LogP contribution is 2.32. The van der Waals surface area contributed by atoms with E-state index in [1.807, 2.05) is 6.92 Å². The Morgan fingerprint density at radius 2 is 2.11 bits per heavy atom. The standard InChI is InChI=1S/C8H16O/c1-7-5-3-4-6-8(7,2)9/h7,9H,3-6H2,1-2H3/t7?,8-/m1/s1. The van der Waals surface area contributed by atoms with Gasteiger partial charge in [-0.2, -0.15) is 0 Å². The molecule has 0 aliphatic heterocycles. The molecule has 1 fully saturated rings. The van der Waals surface area contributed by atoms with Gasteiger partial charge in [-0.15, -0.1) is 0 Å². The third-order valence-electron chi connectivity index (χ3n) is 2.63. The molecule has 0 heterocycles. The van der Waals surface area contributed by atoms with E-state index in [0.29, 0.717) is 5.92 Å². The van der Waals surface area contributed by atoms with E-state index < -0.39 is 0 Å². The first-order chi connectivity index (χ1) is 4.13. The molecule has 0 spiro atoms. The highest BCUT2D eigenvalue weighted by molar-refractivity contribution is 4.82. The average molecular weight is 128 g/mol. The molecule has 54 valence electrons. The maximum absolute atomic E-state index is 9.64. The number of rotatable bonds is 0. The molecule has 0 saturated heterocycles. The third kappa shape index (κ3) is 1.45. The van der Waals surface area contributed by atoms with E-state index >= 15 is 0 Å². The smallest absolute Gasteiger partial charge is 0.0645 e. The van der Waals surface area contributed by atoms with Crippen molar-refractivity contribution >= 4 is 0 Å². The van der Waals surface area contributed by atoms with Crippen LogP contribution >= 0.6 is 0 Å². The number of hydrogen-bond acceptors (Lipinski definition) is 1. The molecule has 0 bridgehead atoms. The maximum atomic E-state index is 9.64. The van der Waals surface area contributed by atoms with Gasteiger partial charge in [0, 0.05) is 0 Å². The predicted octanol–water partition coefficient (Wildman–Crippen LogP) is 1.95. The zero-order chi connectivity index (χ0) is 6.91. The normalized spacial score (nSPS) is 45.0. The van der Waals surface area contributed by atoms with E-state index in [-0.39, 0.29) is 5.60 Å². The minimum Gasteiger partial charge on any atom is -0.390 e. The van der Waals surface area contributed by atoms with E-state index in [0.717, 1.165) is 6.42 Å². The zero-order valence-electron chi connectivity index (χ0n) is 6.35. The lowest BCUT2D eigenvalue weighted by Crippen LogP contribution is -2.35. The molecule has 1 saturated carbocycles. The molecular formula is C8H16O. The lowest BCUT2D eigenvalue weighted by Gasteiger charge is -2.34. The zero-order valence-corrected chi connectivity index (χ0v) is 6.35. The Morgan fingerprint density at radius 3 is 2.44 bits per heavy atom. The van der Waals surface area contributed by atoms with Gasteiger partial charge < -0.3 is 5.11 Å². The van der Waals surface area contributed by atoms with Crippen molar-refractivity contribution in [2.45, 2.75) is 45.1 Å². The maximum Gasteiger partial charge on any atom is 0.0645 e. The first kappa shape index (κ1) is 7.07. The van der Waals surface area contributed by atoms with Crippen LogP contribution in [0.15, 0.2) is 0 Å². The number of hydrogen-bond donors (Lipinski definition) is 1. The van der Waals surface area contributed by atoms with Crippen LogP contribution in [-0.2, 0) is 0 Å². The molecule has 0 aromatic heterocycles. The van der Waals surface area contributed by atoms with Crippen molar-refractivity contribution in [2.75, 3.05) is 0 Å². The van der Waals surface area contributed by atoms with Crippen molar-refractivity contribution in [3.8, 4) is 0 Å². The molecule has 9 heavy (non-hydrogen) atoms. The van der Waals surface area contributed by atoms with Crippen molar-refractivity contribution in [1.29, 1.82) is 0 Å². The van der Waals surface area contributed by atoms with E-state index in [1.54, 1.807) is 0 Å². The molecule has 1 rings (SSSR count). The van der Waals surface area contributed by atoms with Crippen LogP contribution < -0.4 is 0 Å². The summed E-state index contributed by atoms with van der Waals surface area (Å²) >= 11 is 0. The van der Waals surface area contributed by atoms with Crippen LogP contribution in [0.5, 0.6) is 0 Å². The van der Waals surface area contributed by atoms with Crippen molar-refractivity contribution in [1.82, 2.24) is 0 Å². The van der Waals surface area contributed by atoms with Crippen LogP contribution in [0, 0.1) is 5.92 Å². The van der Waals surface area contributed by atoms with Gasteiger partial charge in [0.15, 0.2) is 0 Å². The van der Waals surface area contributed by atoms with Gasteiger partial charge in [0.2, 0.25) is 0 Å². The lowest BCUT2D eigenvalue weighted by molar-refractivity contribution is -0.0239. The van der Waals surface area contributed by atoms with E-state index in [1.165, 1.54) is 19.3 Å². The molecule has 0 aromatic carbocycles. The van der Waals surface area contributed by atoms with Gasteiger partial charge in [-0.05, 0) is 25.7 Å². The Labute approximate surface area is 57.1 Å². The highest BCUT2D eigenvalue weighted by atomic mass is 16.3. The average Bonchev–Trinajstić information content (AvgIpc) is 1.77. The number of aliphatic hydroxyl groups is 1. The van der Waals surface area contributed by atoms with Gasteiger partial charge in [0.05, 0.1) is 5.60 Å². The topological polar surface area (TPSA) is 20.2 Å². The van der Waals surface area contributed by atoms with Crippen molar-refractivity contribution in [3.63, 3.8) is 0 Å². The highest BCUT2D eigenvalue weighted by Gasteiger charge is 2.30. The SMILES string of the molecule is CC1CCCC[C@@]1(C)O. The summed E-state index contributed by atoms with van der Waals surface area (Å²) in [5.41, 5.74) is -0.363. The van der Waals surface area contributed by atoms with E-state index in [9.17, 15) is 5.11 Å². The Bertz CT molecular complexity index is 96.7. The van der Waals surface area contributed by atoms with Crippen molar-refractivity contribution < 1.29 is 5.11 Å². The fraction of sp³-hybridized carbons (Fsp3) is 1.00. The summed E-state index contributed by atoms with van der Waals surface area (Å²) in [4.78, 5) is 0. The summed E-state index contributed by atoms with van der Waals surface area (Å²) < 4.78 is 0. The molecule has 2 atom stereocenters. The Morgan fingerprint density at radius 1 is 1.44 bits per heavy atom. The molecule has 1 aliphatic carbocycles. The summed E-state index contributed by atoms with van der Waals surface area (Å²) in [6.45, 7) is 4.09. The van der Waals surface area contributed by atoms with Gasteiger partial charge in [-0.3, -0.25) is 0 Å². The van der Waals surface area contributed by atoms with Crippen LogP contribution in [0.25, 0.3) is 0 Å². The van der Waals surface area contributed by atoms with Gasteiger partial charge in [0.1, 0.15) is 0 Å². The van der Waals surface area contributed by atoms with Gasteiger partial charge in [0.25, 0.3) is 0 Å². The molecule has 1 aliphatic rings. The van der Waals surface area contributed by atoms with Crippen molar-refractivity contribution in [3.05, 3.63) is 0 Å². The molecule has 0 aromatic rings. The van der Waals surface area contributed by atoms with Crippen molar-refractivity contribution in [2.24, 2.45) is 5.92 Å². The molecule has 1 N–H and O–H groups in total. The third-order valence-corrected chi connectivity index (χ3v) is 2.63. The molecule has 0 amide bonds. The molecule has 1 heteroatoms. The summed E-state index contributed by atoms with van der Waals surface area (Å²) in [5, 5.41) is 9.64. The second-order valence-electron chi connectivity index (χ2n) is 3.50. The van der Waals surface area contributed by atoms with E-state index in [2.05, 4.69) is 6.92 Å². The van der Waals surface area contributed by atoms with E-state index in [4.69, 9.17) is 0 Å². The largest absolute Gasteiger partial charge is 0.390 e. The van der Waals surface area contributed by atoms with Crippen LogP contribution in [-0.4, -0.2) is 10.7 Å². The summed E-state index contributed by atoms with van der Waals surface area (Å²) in [6, 6.07) is 0. The second kappa shape index (κ2) is 2.30. The molecule has 1 unspecified atom stereocenters. The summed E-state index contributed by atoms with van der Waals surface area (Å²) in [7, 11) is 0. The summed E-state index contributed by atoms with van der Waals surface area (Å²) in [5.74, 6) is 0.506. The lowest BCUT2D eigenvalue weighted by atomic mass is 9.78. The van der Waals surface area contributed by atoms with Gasteiger partial charge >= 0.3 is 0 Å². The fourth-order valence-electron chi connectivity index (χ4n) is 1.49. The van der Waals surface area contributed by atoms with Gasteiger partial charge in [-0.1, -0.05) is 19.8 Å². The van der Waals surface area contributed by atoms with Gasteiger partial charge in [-0.25, -0.2) is 0 Å². The fourth-order valence-corrected chi connectivity index (χ4v) is 1.49. The quantitative estimate of drug-likeness (QED) is 0.528. The second-order valence-corrected chi connectivity index (χ2v) is 3.50. The molecule has 1 nitrogen and oxygen atoms in total. The first-order valence-electron chi connectivity index (χ1n) is 3.85. The predicted molar refractivity (Wildman–Crippen MR) is 38.3 cm³/mol. The van der Waals surface area contributed by atoms with Crippen LogP contribution in [0.1, 0.15) is 39.5 Å². The molecule has 0 radical (unpaired) electrons. The van der Waals surface area contributed by atoms with Crippen LogP contribution in [0.4, 0.5) is 0 Å². The first-order valence-corrected chi connectivity index (χ1v) is 3.85.